The number of hydrogen-bond donors (Lipinski definition) is 0. The Morgan fingerprint density at radius 2 is 1.95 bits per heavy atom. The van der Waals surface area contributed by atoms with E-state index in [4.69, 9.17) is 9.47 Å². The van der Waals surface area contributed by atoms with Crippen molar-refractivity contribution in [3.8, 4) is 0 Å². The zero-order valence-corrected chi connectivity index (χ0v) is 15.7. The highest BCUT2D eigenvalue weighted by atomic mass is 79.9. The molecule has 0 amide bonds. The molecule has 3 heteroatoms. The van der Waals surface area contributed by atoms with E-state index in [1.807, 2.05) is 0 Å². The van der Waals surface area contributed by atoms with Crippen molar-refractivity contribution >= 4 is 15.9 Å². The van der Waals surface area contributed by atoms with Crippen LogP contribution in [0.15, 0.2) is 24.3 Å². The van der Waals surface area contributed by atoms with E-state index in [0.717, 1.165) is 19.3 Å². The van der Waals surface area contributed by atoms with Crippen molar-refractivity contribution in [3.63, 3.8) is 0 Å². The monoisotopic (exact) mass is 366 g/mol. The number of alkyl halides is 1. The lowest BCUT2D eigenvalue weighted by Gasteiger charge is -2.35. The summed E-state index contributed by atoms with van der Waals surface area (Å²) in [6, 6.07) is 8.58. The molecule has 2 bridgehead atoms. The summed E-state index contributed by atoms with van der Waals surface area (Å²) >= 11 is 3.85. The lowest BCUT2D eigenvalue weighted by Crippen LogP contribution is -2.44. The van der Waals surface area contributed by atoms with Crippen LogP contribution in [-0.2, 0) is 22.5 Å². The molecule has 0 N–H and O–H groups in total. The fraction of sp³-hybridized carbons (Fsp3) is 0.684. The fourth-order valence-corrected chi connectivity index (χ4v) is 5.58. The number of aryl methyl sites for hydroxylation is 1. The lowest BCUT2D eigenvalue weighted by atomic mass is 9.75. The molecule has 2 heterocycles. The molecule has 2 aliphatic heterocycles. The fourth-order valence-electron chi connectivity index (χ4n) is 4.12. The summed E-state index contributed by atoms with van der Waals surface area (Å²) in [5.41, 5.74) is 2.47. The standard InChI is InChI=1S/C19H27BrO2/c1-5-14-8-6-7-9-15(14)12-21-17-11-19(13(2)3)16(20)10-18(17,4)22-19/h6-9,13,16-17H,5,10-12H2,1-4H3/t16-,17+,18-,19+/m0/s1. The van der Waals surface area contributed by atoms with Gasteiger partial charge in [-0.2, -0.15) is 0 Å². The number of benzene rings is 1. The Morgan fingerprint density at radius 1 is 1.27 bits per heavy atom. The summed E-state index contributed by atoms with van der Waals surface area (Å²) in [6.07, 6.45) is 3.27. The van der Waals surface area contributed by atoms with Gasteiger partial charge in [0.15, 0.2) is 0 Å². The van der Waals surface area contributed by atoms with Crippen LogP contribution in [0.3, 0.4) is 0 Å². The SMILES string of the molecule is CCc1ccccc1CO[C@@H]1C[C@]2(C(C)C)O[C@@]1(C)C[C@@H]2Br. The van der Waals surface area contributed by atoms with Gasteiger partial charge in [0.05, 0.1) is 23.9 Å². The predicted molar refractivity (Wildman–Crippen MR) is 93.4 cm³/mol. The smallest absolute Gasteiger partial charge is 0.0936 e. The van der Waals surface area contributed by atoms with Crippen LogP contribution in [0.1, 0.15) is 51.7 Å². The van der Waals surface area contributed by atoms with Gasteiger partial charge >= 0.3 is 0 Å². The average molecular weight is 367 g/mol. The van der Waals surface area contributed by atoms with E-state index in [0.29, 0.717) is 17.4 Å². The summed E-state index contributed by atoms with van der Waals surface area (Å²) in [6.45, 7) is 9.62. The minimum atomic E-state index is -0.153. The molecule has 1 aromatic carbocycles. The van der Waals surface area contributed by atoms with Gasteiger partial charge in [-0.3, -0.25) is 0 Å². The summed E-state index contributed by atoms with van der Waals surface area (Å²) in [4.78, 5) is 0.438. The first-order chi connectivity index (χ1) is 10.4. The Kier molecular flexibility index (Phi) is 4.43. The Labute approximate surface area is 142 Å². The van der Waals surface area contributed by atoms with Crippen LogP contribution in [0.4, 0.5) is 0 Å². The molecule has 0 spiro atoms. The number of halogens is 1. The molecular formula is C19H27BrO2. The van der Waals surface area contributed by atoms with Crippen molar-refractivity contribution in [1.82, 2.24) is 0 Å². The summed E-state index contributed by atoms with van der Waals surface area (Å²) < 4.78 is 12.9. The zero-order valence-electron chi connectivity index (χ0n) is 14.1. The Balaban J connectivity index is 1.72. The van der Waals surface area contributed by atoms with Crippen molar-refractivity contribution in [2.75, 3.05) is 0 Å². The van der Waals surface area contributed by atoms with Gasteiger partial charge in [-0.25, -0.2) is 0 Å². The van der Waals surface area contributed by atoms with Crippen LogP contribution in [-0.4, -0.2) is 22.1 Å². The van der Waals surface area contributed by atoms with Crippen LogP contribution >= 0.6 is 15.9 Å². The second-order valence-electron chi connectivity index (χ2n) is 7.32. The second-order valence-corrected chi connectivity index (χ2v) is 8.43. The molecular weight excluding hydrogens is 340 g/mol. The average Bonchev–Trinajstić information content (AvgIpc) is 2.93. The van der Waals surface area contributed by atoms with Crippen LogP contribution in [0, 0.1) is 5.92 Å². The third kappa shape index (κ3) is 2.55. The maximum atomic E-state index is 6.51. The lowest BCUT2D eigenvalue weighted by molar-refractivity contribution is -0.0956. The highest BCUT2D eigenvalue weighted by molar-refractivity contribution is 9.09. The Bertz CT molecular complexity index is 544. The maximum Gasteiger partial charge on any atom is 0.0936 e. The van der Waals surface area contributed by atoms with Gasteiger partial charge < -0.3 is 9.47 Å². The van der Waals surface area contributed by atoms with Gasteiger partial charge in [0.2, 0.25) is 0 Å². The van der Waals surface area contributed by atoms with Crippen molar-refractivity contribution < 1.29 is 9.47 Å². The van der Waals surface area contributed by atoms with Crippen LogP contribution in [0.2, 0.25) is 0 Å². The first-order valence-electron chi connectivity index (χ1n) is 8.44. The third-order valence-electron chi connectivity index (χ3n) is 5.64. The van der Waals surface area contributed by atoms with Crippen molar-refractivity contribution in [2.24, 2.45) is 5.92 Å². The molecule has 0 unspecified atom stereocenters. The molecule has 0 radical (unpaired) electrons. The zero-order chi connectivity index (χ0) is 16.0. The normalized spacial score (nSPS) is 37.2. The van der Waals surface area contributed by atoms with Gasteiger partial charge in [0.25, 0.3) is 0 Å². The van der Waals surface area contributed by atoms with Gasteiger partial charge in [0, 0.05) is 11.2 Å². The Hall–Kier alpha value is -0.380. The molecule has 1 aromatic rings. The van der Waals surface area contributed by atoms with Gasteiger partial charge in [0.1, 0.15) is 0 Å². The summed E-state index contributed by atoms with van der Waals surface area (Å²) in [5, 5.41) is 0. The Morgan fingerprint density at radius 3 is 2.55 bits per heavy atom. The van der Waals surface area contributed by atoms with Crippen LogP contribution < -0.4 is 0 Å². The minimum Gasteiger partial charge on any atom is -0.370 e. The van der Waals surface area contributed by atoms with Crippen molar-refractivity contribution in [2.45, 2.75) is 75.7 Å². The minimum absolute atomic E-state index is 0.0658. The number of rotatable bonds is 5. The maximum absolute atomic E-state index is 6.51. The van der Waals surface area contributed by atoms with Crippen molar-refractivity contribution in [3.05, 3.63) is 35.4 Å². The van der Waals surface area contributed by atoms with E-state index in [-0.39, 0.29) is 17.3 Å². The highest BCUT2D eigenvalue weighted by Crippen LogP contribution is 2.57. The van der Waals surface area contributed by atoms with Crippen LogP contribution in [0.25, 0.3) is 0 Å². The first-order valence-corrected chi connectivity index (χ1v) is 9.35. The van der Waals surface area contributed by atoms with Crippen LogP contribution in [0.5, 0.6) is 0 Å². The molecule has 4 atom stereocenters. The second kappa shape index (κ2) is 5.92. The summed E-state index contributed by atoms with van der Waals surface area (Å²) in [7, 11) is 0. The van der Waals surface area contributed by atoms with Gasteiger partial charge in [-0.15, -0.1) is 0 Å². The van der Waals surface area contributed by atoms with E-state index in [1.165, 1.54) is 11.1 Å². The molecule has 122 valence electrons. The number of ether oxygens (including phenoxy) is 2. The number of hydrogen-bond acceptors (Lipinski definition) is 2. The first kappa shape index (κ1) is 16.5. The van der Waals surface area contributed by atoms with E-state index < -0.39 is 0 Å². The molecule has 0 aliphatic carbocycles. The molecule has 0 saturated carbocycles. The molecule has 3 rings (SSSR count). The summed E-state index contributed by atoms with van der Waals surface area (Å²) in [5.74, 6) is 0.496. The third-order valence-corrected chi connectivity index (χ3v) is 6.74. The van der Waals surface area contributed by atoms with Crippen molar-refractivity contribution in [1.29, 1.82) is 0 Å². The predicted octanol–water partition coefficient (Wildman–Crippen LogP) is 4.88. The topological polar surface area (TPSA) is 18.5 Å². The van der Waals surface area contributed by atoms with E-state index in [2.05, 4.69) is 67.9 Å². The number of fused-ring (bicyclic) bond motifs is 2. The van der Waals surface area contributed by atoms with Gasteiger partial charge in [-0.05, 0) is 36.8 Å². The highest BCUT2D eigenvalue weighted by Gasteiger charge is 2.65. The van der Waals surface area contributed by atoms with E-state index >= 15 is 0 Å². The quantitative estimate of drug-likeness (QED) is 0.691. The molecule has 2 aliphatic rings. The van der Waals surface area contributed by atoms with E-state index in [9.17, 15) is 0 Å². The van der Waals surface area contributed by atoms with Gasteiger partial charge in [-0.1, -0.05) is 61.0 Å². The molecule has 0 aromatic heterocycles. The molecule has 2 saturated heterocycles. The molecule has 2 nitrogen and oxygen atoms in total. The van der Waals surface area contributed by atoms with E-state index in [1.54, 1.807) is 0 Å². The molecule has 22 heavy (non-hydrogen) atoms. The molecule has 2 fully saturated rings. The largest absolute Gasteiger partial charge is 0.370 e.